The molecule has 2 N–H and O–H groups in total. The van der Waals surface area contributed by atoms with Crippen LogP contribution in [0.2, 0.25) is 0 Å². The van der Waals surface area contributed by atoms with Crippen LogP contribution in [0.15, 0.2) is 36.4 Å². The van der Waals surface area contributed by atoms with Gasteiger partial charge in [-0.25, -0.2) is 0 Å². The van der Waals surface area contributed by atoms with Gasteiger partial charge in [0.15, 0.2) is 11.5 Å². The van der Waals surface area contributed by atoms with Crippen LogP contribution in [0.4, 0.5) is 5.69 Å². The van der Waals surface area contributed by atoms with Crippen molar-refractivity contribution in [1.82, 2.24) is 4.98 Å². The van der Waals surface area contributed by atoms with Crippen molar-refractivity contribution in [2.75, 3.05) is 26.6 Å². The molecule has 0 saturated heterocycles. The van der Waals surface area contributed by atoms with Crippen LogP contribution in [-0.2, 0) is 0 Å². The summed E-state index contributed by atoms with van der Waals surface area (Å²) < 4.78 is 16.0. The standard InChI is InChI=1S/C21H24N2O4/c1-12(2)13-6-7-14-9-17(23-16(14)8-13)21(24)22-15-10-18(25-3)20(27-5)19(11-15)26-4/h6-12,23H,1-5H3,(H,22,24). The third-order valence-corrected chi connectivity index (χ3v) is 4.48. The first-order chi connectivity index (χ1) is 13.0. The average Bonchev–Trinajstić information content (AvgIpc) is 3.10. The molecule has 0 aliphatic rings. The molecule has 3 rings (SSSR count). The maximum absolute atomic E-state index is 12.7. The Bertz CT molecular complexity index is 950. The van der Waals surface area contributed by atoms with E-state index in [-0.39, 0.29) is 5.91 Å². The normalized spacial score (nSPS) is 10.9. The van der Waals surface area contributed by atoms with Crippen molar-refractivity contribution in [3.8, 4) is 17.2 Å². The molecule has 0 spiro atoms. The lowest BCUT2D eigenvalue weighted by Gasteiger charge is -2.14. The van der Waals surface area contributed by atoms with Crippen molar-refractivity contribution in [2.24, 2.45) is 0 Å². The Balaban J connectivity index is 1.90. The molecule has 142 valence electrons. The van der Waals surface area contributed by atoms with Gasteiger partial charge in [-0.2, -0.15) is 0 Å². The van der Waals surface area contributed by atoms with E-state index in [1.54, 1.807) is 12.1 Å². The largest absolute Gasteiger partial charge is 0.493 e. The molecule has 3 aromatic rings. The molecule has 6 heteroatoms. The lowest BCUT2D eigenvalue weighted by molar-refractivity contribution is 0.102. The molecule has 1 amide bonds. The molecule has 0 bridgehead atoms. The second-order valence-electron chi connectivity index (χ2n) is 6.55. The summed E-state index contributed by atoms with van der Waals surface area (Å²) in [5.41, 5.74) is 3.20. The molecule has 0 aliphatic heterocycles. The number of hydrogen-bond donors (Lipinski definition) is 2. The summed E-state index contributed by atoms with van der Waals surface area (Å²) in [6, 6.07) is 11.4. The fraction of sp³-hybridized carbons (Fsp3) is 0.286. The van der Waals surface area contributed by atoms with E-state index < -0.39 is 0 Å². The van der Waals surface area contributed by atoms with Crippen LogP contribution in [0.25, 0.3) is 10.9 Å². The molecule has 6 nitrogen and oxygen atoms in total. The van der Waals surface area contributed by atoms with Gasteiger partial charge in [0.25, 0.3) is 5.91 Å². The third kappa shape index (κ3) is 3.69. The Hall–Kier alpha value is -3.15. The Morgan fingerprint density at radius 1 is 0.963 bits per heavy atom. The van der Waals surface area contributed by atoms with E-state index >= 15 is 0 Å². The topological polar surface area (TPSA) is 72.6 Å². The molecular formula is C21H24N2O4. The molecule has 0 radical (unpaired) electrons. The van der Waals surface area contributed by atoms with Gasteiger partial charge in [-0.3, -0.25) is 4.79 Å². The molecule has 0 aliphatic carbocycles. The first-order valence-corrected chi connectivity index (χ1v) is 8.70. The number of fused-ring (bicyclic) bond motifs is 1. The molecule has 1 aromatic heterocycles. The molecule has 1 heterocycles. The zero-order valence-corrected chi connectivity index (χ0v) is 16.2. The first kappa shape index (κ1) is 18.6. The fourth-order valence-corrected chi connectivity index (χ4v) is 2.98. The number of carbonyl (C=O) groups excluding carboxylic acids is 1. The van der Waals surface area contributed by atoms with Crippen LogP contribution in [0.3, 0.4) is 0 Å². The minimum absolute atomic E-state index is 0.244. The van der Waals surface area contributed by atoms with Gasteiger partial charge in [0.1, 0.15) is 5.69 Å². The van der Waals surface area contributed by atoms with E-state index in [9.17, 15) is 4.79 Å². The van der Waals surface area contributed by atoms with E-state index in [0.717, 1.165) is 10.9 Å². The van der Waals surface area contributed by atoms with Crippen molar-refractivity contribution in [3.63, 3.8) is 0 Å². The highest BCUT2D eigenvalue weighted by molar-refractivity contribution is 6.06. The quantitative estimate of drug-likeness (QED) is 0.668. The van der Waals surface area contributed by atoms with E-state index in [1.807, 2.05) is 12.1 Å². The van der Waals surface area contributed by atoms with Gasteiger partial charge >= 0.3 is 0 Å². The Morgan fingerprint density at radius 2 is 1.63 bits per heavy atom. The Kier molecular flexibility index (Phi) is 5.26. The Labute approximate surface area is 158 Å². The maximum atomic E-state index is 12.7. The summed E-state index contributed by atoms with van der Waals surface area (Å²) in [6.07, 6.45) is 0. The fourth-order valence-electron chi connectivity index (χ4n) is 2.98. The second-order valence-corrected chi connectivity index (χ2v) is 6.55. The molecule has 0 fully saturated rings. The van der Waals surface area contributed by atoms with Gasteiger partial charge < -0.3 is 24.5 Å². The number of carbonyl (C=O) groups is 1. The molecular weight excluding hydrogens is 344 g/mol. The highest BCUT2D eigenvalue weighted by Gasteiger charge is 2.16. The van der Waals surface area contributed by atoms with Crippen LogP contribution in [0.5, 0.6) is 17.2 Å². The second kappa shape index (κ2) is 7.61. The van der Waals surface area contributed by atoms with Crippen molar-refractivity contribution in [3.05, 3.63) is 47.7 Å². The molecule has 27 heavy (non-hydrogen) atoms. The number of ether oxygens (including phenoxy) is 3. The van der Waals surface area contributed by atoms with Crippen molar-refractivity contribution < 1.29 is 19.0 Å². The predicted molar refractivity (Wildman–Crippen MR) is 106 cm³/mol. The van der Waals surface area contributed by atoms with E-state index in [2.05, 4.69) is 36.3 Å². The van der Waals surface area contributed by atoms with Gasteiger partial charge in [0.2, 0.25) is 5.75 Å². The van der Waals surface area contributed by atoms with Gasteiger partial charge in [0.05, 0.1) is 21.3 Å². The van der Waals surface area contributed by atoms with Gasteiger partial charge in [-0.15, -0.1) is 0 Å². The number of rotatable bonds is 6. The smallest absolute Gasteiger partial charge is 0.272 e. The zero-order chi connectivity index (χ0) is 19.6. The summed E-state index contributed by atoms with van der Waals surface area (Å²) in [7, 11) is 4.61. The van der Waals surface area contributed by atoms with E-state index in [1.165, 1.54) is 26.9 Å². The van der Waals surface area contributed by atoms with Gasteiger partial charge in [0, 0.05) is 28.7 Å². The van der Waals surface area contributed by atoms with Crippen LogP contribution in [-0.4, -0.2) is 32.2 Å². The van der Waals surface area contributed by atoms with Crippen molar-refractivity contribution >= 4 is 22.5 Å². The minimum Gasteiger partial charge on any atom is -0.493 e. The number of nitrogens with one attached hydrogen (secondary N) is 2. The number of H-pyrrole nitrogens is 1. The molecule has 0 saturated carbocycles. The van der Waals surface area contributed by atoms with E-state index in [4.69, 9.17) is 14.2 Å². The maximum Gasteiger partial charge on any atom is 0.272 e. The zero-order valence-electron chi connectivity index (χ0n) is 16.2. The van der Waals surface area contributed by atoms with Crippen LogP contribution in [0.1, 0.15) is 35.8 Å². The number of aromatic amines is 1. The Morgan fingerprint density at radius 3 is 2.19 bits per heavy atom. The molecule has 0 unspecified atom stereocenters. The highest BCUT2D eigenvalue weighted by atomic mass is 16.5. The number of hydrogen-bond acceptors (Lipinski definition) is 4. The monoisotopic (exact) mass is 368 g/mol. The van der Waals surface area contributed by atoms with Gasteiger partial charge in [-0.1, -0.05) is 26.0 Å². The summed E-state index contributed by atoms with van der Waals surface area (Å²) in [5.74, 6) is 1.61. The predicted octanol–water partition coefficient (Wildman–Crippen LogP) is 4.57. The number of benzene rings is 2. The van der Waals surface area contributed by atoms with Crippen LogP contribution < -0.4 is 19.5 Å². The molecule has 2 aromatic carbocycles. The summed E-state index contributed by atoms with van der Waals surface area (Å²) in [6.45, 7) is 4.28. The lowest BCUT2D eigenvalue weighted by atomic mass is 10.0. The first-order valence-electron chi connectivity index (χ1n) is 8.70. The summed E-state index contributed by atoms with van der Waals surface area (Å²) in [4.78, 5) is 15.9. The summed E-state index contributed by atoms with van der Waals surface area (Å²) in [5, 5.41) is 3.87. The number of aromatic nitrogens is 1. The molecule has 0 atom stereocenters. The lowest BCUT2D eigenvalue weighted by Crippen LogP contribution is -2.12. The van der Waals surface area contributed by atoms with Crippen LogP contribution >= 0.6 is 0 Å². The van der Waals surface area contributed by atoms with E-state index in [0.29, 0.717) is 34.5 Å². The van der Waals surface area contributed by atoms with Gasteiger partial charge in [-0.05, 0) is 23.6 Å². The minimum atomic E-state index is -0.244. The van der Waals surface area contributed by atoms with Crippen molar-refractivity contribution in [1.29, 1.82) is 0 Å². The SMILES string of the molecule is COc1cc(NC(=O)c2cc3ccc(C(C)C)cc3[nH]2)cc(OC)c1OC. The van der Waals surface area contributed by atoms with Crippen molar-refractivity contribution in [2.45, 2.75) is 19.8 Å². The number of anilines is 1. The number of amides is 1. The summed E-state index contributed by atoms with van der Waals surface area (Å²) >= 11 is 0. The highest BCUT2D eigenvalue weighted by Crippen LogP contribution is 2.40. The third-order valence-electron chi connectivity index (χ3n) is 4.48. The number of methoxy groups -OCH3 is 3. The average molecular weight is 368 g/mol. The van der Waals surface area contributed by atoms with Crippen LogP contribution in [0, 0.1) is 0 Å².